The van der Waals surface area contributed by atoms with Crippen LogP contribution in [0.15, 0.2) is 48.9 Å². The van der Waals surface area contributed by atoms with Gasteiger partial charge >= 0.3 is 0 Å². The van der Waals surface area contributed by atoms with Crippen molar-refractivity contribution in [2.75, 3.05) is 10.6 Å². The van der Waals surface area contributed by atoms with Crippen LogP contribution in [0.5, 0.6) is 0 Å². The van der Waals surface area contributed by atoms with Gasteiger partial charge in [0, 0.05) is 30.0 Å². The molecule has 0 spiro atoms. The largest absolute Gasteiger partial charge is 0.351 e. The van der Waals surface area contributed by atoms with Gasteiger partial charge in [-0.05, 0) is 25.0 Å². The van der Waals surface area contributed by atoms with Gasteiger partial charge in [0.05, 0.1) is 16.8 Å². The number of hydrogen-bond donors (Lipinski definition) is 2. The van der Waals surface area contributed by atoms with Crippen LogP contribution in [0.25, 0.3) is 10.9 Å². The van der Waals surface area contributed by atoms with E-state index in [1.807, 2.05) is 30.3 Å². The summed E-state index contributed by atoms with van der Waals surface area (Å²) in [5.74, 6) is 0.334. The molecule has 1 fully saturated rings. The molecule has 6 heteroatoms. The Morgan fingerprint density at radius 3 is 2.56 bits per heavy atom. The summed E-state index contributed by atoms with van der Waals surface area (Å²) in [6.07, 6.45) is 9.62. The Morgan fingerprint density at radius 1 is 1.00 bits per heavy atom. The molecule has 1 aliphatic carbocycles. The first-order valence-electron chi connectivity index (χ1n) is 8.53. The van der Waals surface area contributed by atoms with Gasteiger partial charge in [0.1, 0.15) is 0 Å². The minimum absolute atomic E-state index is 0.245. The van der Waals surface area contributed by atoms with Crippen LogP contribution in [-0.2, 0) is 0 Å². The third kappa shape index (κ3) is 3.42. The number of carbonyl (C=O) groups excluding carboxylic acids is 1. The van der Waals surface area contributed by atoms with Crippen molar-refractivity contribution < 1.29 is 4.79 Å². The molecule has 0 saturated heterocycles. The van der Waals surface area contributed by atoms with Crippen molar-refractivity contribution in [2.24, 2.45) is 0 Å². The molecule has 2 N–H and O–H groups in total. The number of para-hydroxylation sites is 1. The summed E-state index contributed by atoms with van der Waals surface area (Å²) < 4.78 is 0. The lowest BCUT2D eigenvalue weighted by atomic mass is 10.2. The number of hydrogen-bond acceptors (Lipinski definition) is 5. The maximum absolute atomic E-state index is 12.5. The van der Waals surface area contributed by atoms with E-state index in [1.165, 1.54) is 12.8 Å². The lowest BCUT2D eigenvalue weighted by Crippen LogP contribution is -2.18. The number of pyridine rings is 1. The maximum atomic E-state index is 12.5. The van der Waals surface area contributed by atoms with E-state index in [4.69, 9.17) is 0 Å². The Bertz CT molecular complexity index is 882. The molecule has 0 aliphatic heterocycles. The summed E-state index contributed by atoms with van der Waals surface area (Å²) in [4.78, 5) is 25.4. The first kappa shape index (κ1) is 15.5. The van der Waals surface area contributed by atoms with Crippen LogP contribution in [0, 0.1) is 0 Å². The molecule has 0 atom stereocenters. The zero-order valence-corrected chi connectivity index (χ0v) is 13.8. The standard InChI is InChI=1S/C19H19N5O/c25-18(24-16-9-3-5-13-6-4-10-20-17(13)16)14-11-21-19(22-12-14)23-15-7-1-2-8-15/h3-6,9-12,15H,1-2,7-8H2,(H,24,25)(H,21,22,23). The maximum Gasteiger partial charge on any atom is 0.258 e. The van der Waals surface area contributed by atoms with Gasteiger partial charge in [0.2, 0.25) is 5.95 Å². The van der Waals surface area contributed by atoms with E-state index in [2.05, 4.69) is 25.6 Å². The highest BCUT2D eigenvalue weighted by molar-refractivity contribution is 6.08. The van der Waals surface area contributed by atoms with E-state index >= 15 is 0 Å². The molecule has 0 bridgehead atoms. The van der Waals surface area contributed by atoms with Crippen molar-refractivity contribution in [3.63, 3.8) is 0 Å². The summed E-state index contributed by atoms with van der Waals surface area (Å²) in [7, 11) is 0. The van der Waals surface area contributed by atoms with Crippen molar-refractivity contribution >= 4 is 28.4 Å². The number of nitrogens with one attached hydrogen (secondary N) is 2. The normalized spacial score (nSPS) is 14.6. The molecule has 1 aromatic carbocycles. The third-order valence-electron chi connectivity index (χ3n) is 4.48. The van der Waals surface area contributed by atoms with Gasteiger partial charge in [-0.1, -0.05) is 31.0 Å². The van der Waals surface area contributed by atoms with Gasteiger partial charge in [-0.15, -0.1) is 0 Å². The third-order valence-corrected chi connectivity index (χ3v) is 4.48. The average molecular weight is 333 g/mol. The predicted molar refractivity (Wildman–Crippen MR) is 97.6 cm³/mol. The number of fused-ring (bicyclic) bond motifs is 1. The smallest absolute Gasteiger partial charge is 0.258 e. The Labute approximate surface area is 145 Å². The van der Waals surface area contributed by atoms with Gasteiger partial charge in [-0.3, -0.25) is 9.78 Å². The van der Waals surface area contributed by atoms with Crippen LogP contribution in [0.4, 0.5) is 11.6 Å². The molecule has 6 nitrogen and oxygen atoms in total. The van der Waals surface area contributed by atoms with Crippen LogP contribution in [0.2, 0.25) is 0 Å². The average Bonchev–Trinajstić information content (AvgIpc) is 3.16. The van der Waals surface area contributed by atoms with Crippen molar-refractivity contribution in [3.8, 4) is 0 Å². The molecular weight excluding hydrogens is 314 g/mol. The Hall–Kier alpha value is -3.02. The zero-order valence-electron chi connectivity index (χ0n) is 13.8. The molecule has 1 saturated carbocycles. The molecule has 0 unspecified atom stereocenters. The minimum Gasteiger partial charge on any atom is -0.351 e. The number of nitrogens with zero attached hydrogens (tertiary/aromatic N) is 3. The molecule has 1 amide bonds. The molecule has 126 valence electrons. The molecule has 2 aromatic heterocycles. The highest BCUT2D eigenvalue weighted by Gasteiger charge is 2.16. The van der Waals surface area contributed by atoms with Crippen LogP contribution in [-0.4, -0.2) is 26.9 Å². The van der Waals surface area contributed by atoms with Crippen molar-refractivity contribution in [2.45, 2.75) is 31.7 Å². The molecule has 25 heavy (non-hydrogen) atoms. The van der Waals surface area contributed by atoms with Gasteiger partial charge < -0.3 is 10.6 Å². The molecule has 3 aromatic rings. The van der Waals surface area contributed by atoms with Crippen molar-refractivity contribution in [3.05, 3.63) is 54.5 Å². The number of aromatic nitrogens is 3. The second kappa shape index (κ2) is 6.84. The second-order valence-electron chi connectivity index (χ2n) is 6.26. The van der Waals surface area contributed by atoms with Crippen LogP contribution in [0.1, 0.15) is 36.0 Å². The highest BCUT2D eigenvalue weighted by Crippen LogP contribution is 2.22. The van der Waals surface area contributed by atoms with E-state index in [0.29, 0.717) is 23.2 Å². The molecular formula is C19H19N5O. The summed E-state index contributed by atoms with van der Waals surface area (Å²) in [5, 5.41) is 7.19. The van der Waals surface area contributed by atoms with Crippen molar-refractivity contribution in [1.29, 1.82) is 0 Å². The lowest BCUT2D eigenvalue weighted by molar-refractivity contribution is 0.102. The fraction of sp³-hybridized carbons (Fsp3) is 0.263. The SMILES string of the molecule is O=C(Nc1cccc2cccnc12)c1cnc(NC2CCCC2)nc1. The van der Waals surface area contributed by atoms with E-state index in [9.17, 15) is 4.79 Å². The number of benzene rings is 1. The first-order valence-corrected chi connectivity index (χ1v) is 8.53. The number of carbonyl (C=O) groups is 1. The fourth-order valence-electron chi connectivity index (χ4n) is 3.17. The van der Waals surface area contributed by atoms with E-state index < -0.39 is 0 Å². The van der Waals surface area contributed by atoms with E-state index in [-0.39, 0.29) is 5.91 Å². The topological polar surface area (TPSA) is 79.8 Å². The summed E-state index contributed by atoms with van der Waals surface area (Å²) >= 11 is 0. The molecule has 0 radical (unpaired) electrons. The predicted octanol–water partition coefficient (Wildman–Crippen LogP) is 3.63. The second-order valence-corrected chi connectivity index (χ2v) is 6.26. The summed E-state index contributed by atoms with van der Waals surface area (Å²) in [6, 6.07) is 9.98. The minimum atomic E-state index is -0.245. The van der Waals surface area contributed by atoms with E-state index in [1.54, 1.807) is 18.6 Å². The number of rotatable bonds is 4. The monoisotopic (exact) mass is 333 g/mol. The molecule has 4 rings (SSSR count). The first-order chi connectivity index (χ1) is 12.3. The van der Waals surface area contributed by atoms with Gasteiger partial charge in [0.25, 0.3) is 5.91 Å². The molecule has 1 aliphatic rings. The van der Waals surface area contributed by atoms with E-state index in [0.717, 1.165) is 23.7 Å². The zero-order chi connectivity index (χ0) is 17.1. The summed E-state index contributed by atoms with van der Waals surface area (Å²) in [5.41, 5.74) is 1.86. The van der Waals surface area contributed by atoms with Gasteiger partial charge in [0.15, 0.2) is 0 Å². The Kier molecular flexibility index (Phi) is 4.24. The Morgan fingerprint density at radius 2 is 1.76 bits per heavy atom. The molecule has 2 heterocycles. The summed E-state index contributed by atoms with van der Waals surface area (Å²) in [6.45, 7) is 0. The quantitative estimate of drug-likeness (QED) is 0.762. The number of amides is 1. The fourth-order valence-corrected chi connectivity index (χ4v) is 3.17. The highest BCUT2D eigenvalue weighted by atomic mass is 16.1. The van der Waals surface area contributed by atoms with Crippen LogP contribution in [0.3, 0.4) is 0 Å². The van der Waals surface area contributed by atoms with Crippen LogP contribution < -0.4 is 10.6 Å². The van der Waals surface area contributed by atoms with Gasteiger partial charge in [-0.2, -0.15) is 0 Å². The number of anilines is 2. The van der Waals surface area contributed by atoms with Gasteiger partial charge in [-0.25, -0.2) is 9.97 Å². The van der Waals surface area contributed by atoms with Crippen molar-refractivity contribution in [1.82, 2.24) is 15.0 Å². The van der Waals surface area contributed by atoms with Crippen LogP contribution >= 0.6 is 0 Å². The Balaban J connectivity index is 1.48. The lowest BCUT2D eigenvalue weighted by Gasteiger charge is -2.11.